The fraction of sp³-hybridized carbons (Fsp3) is 0.737. The van der Waals surface area contributed by atoms with E-state index in [2.05, 4.69) is 5.32 Å². The molecule has 5 unspecified atom stereocenters. The number of nitrogens with zero attached hydrogens (tertiary/aromatic N) is 1. The van der Waals surface area contributed by atoms with E-state index in [0.717, 1.165) is 11.3 Å². The fourth-order valence-corrected chi connectivity index (χ4v) is 4.35. The van der Waals surface area contributed by atoms with Gasteiger partial charge in [-0.1, -0.05) is 19.1 Å². The molecule has 152 valence electrons. The Kier molecular flexibility index (Phi) is 5.96. The molecular formula is C19H26F4N2O2. The van der Waals surface area contributed by atoms with Gasteiger partial charge in [0.05, 0.1) is 0 Å². The Hall–Kier alpha value is -1.41. The van der Waals surface area contributed by atoms with Crippen molar-refractivity contribution in [2.45, 2.75) is 63.5 Å². The van der Waals surface area contributed by atoms with Crippen LogP contribution in [0.3, 0.4) is 0 Å². The molecule has 1 fully saturated rings. The van der Waals surface area contributed by atoms with Gasteiger partial charge >= 0.3 is 6.18 Å². The Balaban J connectivity index is 1.78. The number of aliphatic hydroxyl groups is 1. The molecule has 0 aromatic rings. The first-order valence-corrected chi connectivity index (χ1v) is 9.50. The Bertz CT molecular complexity index is 632. The largest absolute Gasteiger partial charge is 0.408 e. The molecular weight excluding hydrogens is 364 g/mol. The van der Waals surface area contributed by atoms with Gasteiger partial charge in [0.15, 0.2) is 0 Å². The smallest absolute Gasteiger partial charge is 0.376 e. The number of hydrogen-bond acceptors (Lipinski definition) is 3. The standard InChI is InChI=1S/C19H26F4N2O2/c1-11-4-5-12(15(20)9-11)13-6-7-16(13)25(10-26)18(27)14-3-2-8-24-17(14)19(21,22)23/h3,5,11,13,15-17,24,26H,2,4,6-10H2,1H3. The minimum absolute atomic E-state index is 0.140. The number of halogens is 4. The van der Waals surface area contributed by atoms with Crippen LogP contribution in [0.5, 0.6) is 0 Å². The van der Waals surface area contributed by atoms with Crippen LogP contribution in [0.4, 0.5) is 17.6 Å². The first-order valence-electron chi connectivity index (χ1n) is 9.50. The van der Waals surface area contributed by atoms with Gasteiger partial charge in [0.2, 0.25) is 0 Å². The molecule has 0 spiro atoms. The Morgan fingerprint density at radius 3 is 2.63 bits per heavy atom. The van der Waals surface area contributed by atoms with Crippen molar-refractivity contribution >= 4 is 5.91 Å². The fourth-order valence-electron chi connectivity index (χ4n) is 4.35. The van der Waals surface area contributed by atoms with Crippen LogP contribution in [0.15, 0.2) is 23.3 Å². The molecule has 3 aliphatic rings. The Morgan fingerprint density at radius 1 is 1.33 bits per heavy atom. The van der Waals surface area contributed by atoms with Crippen LogP contribution in [-0.4, -0.2) is 53.6 Å². The highest BCUT2D eigenvalue weighted by atomic mass is 19.4. The van der Waals surface area contributed by atoms with Crippen molar-refractivity contribution in [1.82, 2.24) is 10.2 Å². The molecule has 8 heteroatoms. The minimum Gasteiger partial charge on any atom is -0.376 e. The van der Waals surface area contributed by atoms with Gasteiger partial charge in [-0.25, -0.2) is 4.39 Å². The number of hydrogen-bond donors (Lipinski definition) is 2. The second-order valence-corrected chi connectivity index (χ2v) is 7.79. The quantitative estimate of drug-likeness (QED) is 0.441. The number of rotatable bonds is 4. The van der Waals surface area contributed by atoms with Crippen LogP contribution >= 0.6 is 0 Å². The molecule has 0 radical (unpaired) electrons. The van der Waals surface area contributed by atoms with Gasteiger partial charge in [0, 0.05) is 17.5 Å². The summed E-state index contributed by atoms with van der Waals surface area (Å²) < 4.78 is 54.3. The van der Waals surface area contributed by atoms with E-state index >= 15 is 0 Å². The maximum absolute atomic E-state index is 14.5. The van der Waals surface area contributed by atoms with E-state index in [4.69, 9.17) is 0 Å². The van der Waals surface area contributed by atoms with Gasteiger partial charge in [0.25, 0.3) is 5.91 Å². The number of aliphatic hydroxyl groups excluding tert-OH is 1. The van der Waals surface area contributed by atoms with Crippen molar-refractivity contribution in [3.63, 3.8) is 0 Å². The molecule has 4 nitrogen and oxygen atoms in total. The molecule has 1 saturated carbocycles. The van der Waals surface area contributed by atoms with Gasteiger partial charge in [0.1, 0.15) is 18.9 Å². The maximum atomic E-state index is 14.5. The van der Waals surface area contributed by atoms with Crippen LogP contribution < -0.4 is 5.32 Å². The molecule has 27 heavy (non-hydrogen) atoms. The normalized spacial score (nSPS) is 34.4. The third-order valence-corrected chi connectivity index (χ3v) is 5.95. The summed E-state index contributed by atoms with van der Waals surface area (Å²) in [6, 6.07) is -2.49. The van der Waals surface area contributed by atoms with Crippen LogP contribution in [0.2, 0.25) is 0 Å². The molecule has 1 amide bonds. The summed E-state index contributed by atoms with van der Waals surface area (Å²) in [5, 5.41) is 12.1. The number of alkyl halides is 4. The monoisotopic (exact) mass is 390 g/mol. The van der Waals surface area contributed by atoms with Crippen molar-refractivity contribution in [1.29, 1.82) is 0 Å². The zero-order valence-electron chi connectivity index (χ0n) is 15.3. The van der Waals surface area contributed by atoms with E-state index in [9.17, 15) is 27.5 Å². The summed E-state index contributed by atoms with van der Waals surface area (Å²) in [6.07, 6.45) is 0.219. The van der Waals surface area contributed by atoms with E-state index < -0.39 is 37.1 Å². The highest BCUT2D eigenvalue weighted by molar-refractivity contribution is 5.95. The van der Waals surface area contributed by atoms with Crippen molar-refractivity contribution in [3.05, 3.63) is 23.3 Å². The van der Waals surface area contributed by atoms with Gasteiger partial charge in [-0.05, 0) is 50.1 Å². The third kappa shape index (κ3) is 4.06. The van der Waals surface area contributed by atoms with E-state index in [-0.39, 0.29) is 24.0 Å². The van der Waals surface area contributed by atoms with E-state index in [1.807, 2.05) is 13.0 Å². The highest BCUT2D eigenvalue weighted by Gasteiger charge is 2.48. The molecule has 2 aliphatic carbocycles. The van der Waals surface area contributed by atoms with E-state index in [1.165, 1.54) is 6.08 Å². The average Bonchev–Trinajstić information content (AvgIpc) is 2.59. The van der Waals surface area contributed by atoms with Gasteiger partial charge < -0.3 is 15.3 Å². The highest BCUT2D eigenvalue weighted by Crippen LogP contribution is 2.43. The van der Waals surface area contributed by atoms with Gasteiger partial charge in [-0.2, -0.15) is 13.2 Å². The molecule has 0 aromatic carbocycles. The molecule has 1 aliphatic heterocycles. The first-order chi connectivity index (χ1) is 12.7. The van der Waals surface area contributed by atoms with Crippen molar-refractivity contribution in [2.75, 3.05) is 13.3 Å². The number of nitrogens with one attached hydrogen (secondary N) is 1. The molecule has 0 aromatic heterocycles. The third-order valence-electron chi connectivity index (χ3n) is 5.95. The molecule has 0 saturated heterocycles. The topological polar surface area (TPSA) is 52.6 Å². The minimum atomic E-state index is -4.59. The van der Waals surface area contributed by atoms with Crippen LogP contribution in [0, 0.1) is 11.8 Å². The summed E-state index contributed by atoms with van der Waals surface area (Å²) >= 11 is 0. The summed E-state index contributed by atoms with van der Waals surface area (Å²) in [7, 11) is 0. The lowest BCUT2D eigenvalue weighted by Gasteiger charge is -2.47. The SMILES string of the molecule is CC1CC=C(C2CCC2N(CO)C(=O)C2=CCCNC2C(F)(F)F)C(F)C1. The number of amides is 1. The molecule has 2 N–H and O–H groups in total. The summed E-state index contributed by atoms with van der Waals surface area (Å²) in [6.45, 7) is 1.44. The van der Waals surface area contributed by atoms with Gasteiger partial charge in [-0.3, -0.25) is 4.79 Å². The molecule has 0 bridgehead atoms. The predicted molar refractivity (Wildman–Crippen MR) is 92.4 cm³/mol. The zero-order chi connectivity index (χ0) is 19.8. The Labute approximate surface area is 156 Å². The lowest BCUT2D eigenvalue weighted by molar-refractivity contribution is -0.157. The first kappa shape index (κ1) is 20.3. The molecule has 3 rings (SSSR count). The second kappa shape index (κ2) is 7.91. The molecule has 5 atom stereocenters. The zero-order valence-corrected chi connectivity index (χ0v) is 15.3. The average molecular weight is 390 g/mol. The maximum Gasteiger partial charge on any atom is 0.408 e. The van der Waals surface area contributed by atoms with Gasteiger partial charge in [-0.15, -0.1) is 0 Å². The Morgan fingerprint density at radius 2 is 2.07 bits per heavy atom. The van der Waals surface area contributed by atoms with Crippen molar-refractivity contribution in [3.8, 4) is 0 Å². The summed E-state index contributed by atoms with van der Waals surface area (Å²) in [4.78, 5) is 13.9. The predicted octanol–water partition coefficient (Wildman–Crippen LogP) is 3.09. The van der Waals surface area contributed by atoms with Crippen LogP contribution in [-0.2, 0) is 4.79 Å². The number of allylic oxidation sites excluding steroid dienone is 1. The van der Waals surface area contributed by atoms with Crippen LogP contribution in [0.25, 0.3) is 0 Å². The number of carbonyl (C=O) groups excluding carboxylic acids is 1. The lowest BCUT2D eigenvalue weighted by Crippen LogP contribution is -2.56. The van der Waals surface area contributed by atoms with Crippen LogP contribution in [0.1, 0.15) is 39.0 Å². The number of carbonyl (C=O) groups is 1. The second-order valence-electron chi connectivity index (χ2n) is 7.79. The summed E-state index contributed by atoms with van der Waals surface area (Å²) in [5.41, 5.74) is 0.259. The van der Waals surface area contributed by atoms with E-state index in [0.29, 0.717) is 31.3 Å². The van der Waals surface area contributed by atoms with E-state index in [1.54, 1.807) is 0 Å². The summed E-state index contributed by atoms with van der Waals surface area (Å²) in [5.74, 6) is -0.795. The van der Waals surface area contributed by atoms with Crippen molar-refractivity contribution in [2.24, 2.45) is 11.8 Å². The van der Waals surface area contributed by atoms with Crippen molar-refractivity contribution < 1.29 is 27.5 Å². The molecule has 1 heterocycles. The lowest BCUT2D eigenvalue weighted by atomic mass is 9.69.